The molecule has 0 saturated carbocycles. The largest absolute Gasteiger partial charge is 0.317 e. The van der Waals surface area contributed by atoms with Crippen molar-refractivity contribution in [3.8, 4) is 0 Å². The van der Waals surface area contributed by atoms with Gasteiger partial charge in [0.05, 0.1) is 6.21 Å². The molecule has 5 aromatic rings. The average Bonchev–Trinajstić information content (AvgIpc) is 3.41. The van der Waals surface area contributed by atoms with Gasteiger partial charge in [0.2, 0.25) is 0 Å². The zero-order chi connectivity index (χ0) is 24.0. The van der Waals surface area contributed by atoms with Crippen LogP contribution in [0.4, 0.5) is 0 Å². The van der Waals surface area contributed by atoms with Gasteiger partial charge in [0, 0.05) is 16.0 Å². The minimum absolute atomic E-state index is 0.112. The summed E-state index contributed by atoms with van der Waals surface area (Å²) < 4.78 is 0. The van der Waals surface area contributed by atoms with Gasteiger partial charge in [-0.05, 0) is 57.3 Å². The van der Waals surface area contributed by atoms with E-state index in [2.05, 4.69) is 34.0 Å². The lowest BCUT2D eigenvalue weighted by atomic mass is 9.97. The Kier molecular flexibility index (Phi) is 6.46. The van der Waals surface area contributed by atoms with E-state index < -0.39 is 5.91 Å². The Morgan fingerprint density at radius 1 is 0.771 bits per heavy atom. The molecule has 6 heteroatoms. The van der Waals surface area contributed by atoms with Crippen LogP contribution in [0.5, 0.6) is 0 Å². The molecule has 5 nitrogen and oxygen atoms in total. The standard InChI is InChI=1S/C29H21N3O2S/c33-28(20-9-2-1-3-10-20)31-27(18-23-13-8-16-35-23)29(34)32-30-19-26-24-14-6-4-11-21(24)17-22-12-5-7-15-25(22)26/h1-19H,(H,31,33)(H,32,34)/b27-18+,30-19-. The van der Waals surface area contributed by atoms with Crippen molar-refractivity contribution in [1.82, 2.24) is 10.7 Å². The summed E-state index contributed by atoms with van der Waals surface area (Å²) in [4.78, 5) is 26.6. The first-order valence-electron chi connectivity index (χ1n) is 11.0. The summed E-state index contributed by atoms with van der Waals surface area (Å²) in [5, 5.41) is 13.1. The number of nitrogens with zero attached hydrogens (tertiary/aromatic N) is 1. The van der Waals surface area contributed by atoms with Gasteiger partial charge in [0.1, 0.15) is 5.70 Å². The molecule has 0 fully saturated rings. The maximum absolute atomic E-state index is 13.1. The molecular formula is C29H21N3O2S. The van der Waals surface area contributed by atoms with Crippen molar-refractivity contribution < 1.29 is 9.59 Å². The van der Waals surface area contributed by atoms with Crippen LogP contribution >= 0.6 is 11.3 Å². The van der Waals surface area contributed by atoms with Crippen LogP contribution in [0.25, 0.3) is 27.6 Å². The SMILES string of the molecule is O=C(N/N=C\c1c2ccccc2cc2ccccc12)/C(=C\c1cccs1)NC(=O)c1ccccc1. The third kappa shape index (κ3) is 5.03. The maximum Gasteiger partial charge on any atom is 0.287 e. The summed E-state index contributed by atoms with van der Waals surface area (Å²) in [6.07, 6.45) is 3.30. The highest BCUT2D eigenvalue weighted by atomic mass is 32.1. The van der Waals surface area contributed by atoms with Crippen molar-refractivity contribution in [2.75, 3.05) is 0 Å². The Labute approximate surface area is 206 Å². The number of amides is 2. The fourth-order valence-corrected chi connectivity index (χ4v) is 4.52. The molecule has 1 heterocycles. The highest BCUT2D eigenvalue weighted by molar-refractivity contribution is 7.10. The third-order valence-electron chi connectivity index (χ3n) is 5.53. The van der Waals surface area contributed by atoms with Crippen molar-refractivity contribution in [2.24, 2.45) is 5.10 Å². The van der Waals surface area contributed by atoms with E-state index in [4.69, 9.17) is 0 Å². The maximum atomic E-state index is 13.1. The fraction of sp³-hybridized carbons (Fsp3) is 0. The molecule has 0 bridgehead atoms. The first-order chi connectivity index (χ1) is 17.2. The number of benzene rings is 4. The van der Waals surface area contributed by atoms with Crippen LogP contribution in [-0.2, 0) is 4.79 Å². The topological polar surface area (TPSA) is 70.6 Å². The van der Waals surface area contributed by atoms with Gasteiger partial charge in [-0.3, -0.25) is 9.59 Å². The van der Waals surface area contributed by atoms with Gasteiger partial charge < -0.3 is 5.32 Å². The lowest BCUT2D eigenvalue weighted by Gasteiger charge is -2.10. The van der Waals surface area contributed by atoms with Crippen LogP contribution in [0.1, 0.15) is 20.8 Å². The molecule has 0 aliphatic heterocycles. The molecule has 4 aromatic carbocycles. The van der Waals surface area contributed by atoms with Crippen LogP contribution in [0, 0.1) is 0 Å². The number of rotatable bonds is 6. The minimum atomic E-state index is -0.511. The number of thiophene rings is 1. The average molecular weight is 476 g/mol. The van der Waals surface area contributed by atoms with Gasteiger partial charge in [-0.1, -0.05) is 72.8 Å². The molecule has 0 saturated heterocycles. The van der Waals surface area contributed by atoms with Crippen LogP contribution in [-0.4, -0.2) is 18.0 Å². The third-order valence-corrected chi connectivity index (χ3v) is 6.35. The molecule has 0 aliphatic carbocycles. The van der Waals surface area contributed by atoms with Crippen molar-refractivity contribution in [3.05, 3.63) is 124 Å². The van der Waals surface area contributed by atoms with Gasteiger partial charge >= 0.3 is 0 Å². The van der Waals surface area contributed by atoms with Crippen LogP contribution < -0.4 is 10.7 Å². The predicted molar refractivity (Wildman–Crippen MR) is 143 cm³/mol. The quantitative estimate of drug-likeness (QED) is 0.137. The van der Waals surface area contributed by atoms with E-state index in [0.717, 1.165) is 32.0 Å². The van der Waals surface area contributed by atoms with Crippen LogP contribution in [0.3, 0.4) is 0 Å². The number of hydrazone groups is 1. The number of hydrogen-bond acceptors (Lipinski definition) is 4. The van der Waals surface area contributed by atoms with Gasteiger partial charge in [-0.2, -0.15) is 5.10 Å². The van der Waals surface area contributed by atoms with E-state index in [1.54, 1.807) is 36.6 Å². The number of carbonyl (C=O) groups excluding carboxylic acids is 2. The van der Waals surface area contributed by atoms with E-state index in [9.17, 15) is 9.59 Å². The molecule has 0 unspecified atom stereocenters. The zero-order valence-corrected chi connectivity index (χ0v) is 19.5. The highest BCUT2D eigenvalue weighted by Gasteiger charge is 2.15. The first-order valence-corrected chi connectivity index (χ1v) is 11.9. The highest BCUT2D eigenvalue weighted by Crippen LogP contribution is 2.27. The molecule has 1 aromatic heterocycles. The Morgan fingerprint density at radius 3 is 2.09 bits per heavy atom. The summed E-state index contributed by atoms with van der Waals surface area (Å²) in [6, 6.07) is 30.8. The van der Waals surface area contributed by atoms with E-state index in [0.29, 0.717) is 5.56 Å². The van der Waals surface area contributed by atoms with Crippen molar-refractivity contribution in [2.45, 2.75) is 0 Å². The normalized spacial score (nSPS) is 11.7. The second-order valence-electron chi connectivity index (χ2n) is 7.83. The van der Waals surface area contributed by atoms with Crippen molar-refractivity contribution in [1.29, 1.82) is 0 Å². The lowest BCUT2D eigenvalue weighted by Crippen LogP contribution is -2.32. The van der Waals surface area contributed by atoms with Gasteiger partial charge in [0.15, 0.2) is 0 Å². The molecule has 0 aliphatic rings. The molecule has 5 rings (SSSR count). The van der Waals surface area contributed by atoms with Crippen LogP contribution in [0.2, 0.25) is 0 Å². The molecule has 35 heavy (non-hydrogen) atoms. The lowest BCUT2D eigenvalue weighted by molar-refractivity contribution is -0.117. The Bertz CT molecular complexity index is 1520. The van der Waals surface area contributed by atoms with Gasteiger partial charge in [0.25, 0.3) is 11.8 Å². The zero-order valence-electron chi connectivity index (χ0n) is 18.6. The molecule has 0 atom stereocenters. The Morgan fingerprint density at radius 2 is 1.43 bits per heavy atom. The van der Waals surface area contributed by atoms with E-state index in [1.165, 1.54) is 11.3 Å². The fourth-order valence-electron chi connectivity index (χ4n) is 3.86. The first kappa shape index (κ1) is 22.3. The monoisotopic (exact) mass is 475 g/mol. The summed E-state index contributed by atoms with van der Waals surface area (Å²) in [5.74, 6) is -0.879. The number of fused-ring (bicyclic) bond motifs is 2. The van der Waals surface area contributed by atoms with E-state index in [-0.39, 0.29) is 11.6 Å². The van der Waals surface area contributed by atoms with E-state index in [1.807, 2.05) is 60.0 Å². The summed E-state index contributed by atoms with van der Waals surface area (Å²) in [7, 11) is 0. The van der Waals surface area contributed by atoms with Crippen LogP contribution in [0.15, 0.2) is 113 Å². The van der Waals surface area contributed by atoms with Crippen molar-refractivity contribution >= 4 is 57.0 Å². The molecule has 2 amide bonds. The molecule has 170 valence electrons. The second kappa shape index (κ2) is 10.2. The molecular weight excluding hydrogens is 454 g/mol. The number of carbonyl (C=O) groups is 2. The van der Waals surface area contributed by atoms with Gasteiger partial charge in [-0.15, -0.1) is 11.3 Å². The molecule has 0 radical (unpaired) electrons. The summed E-state index contributed by atoms with van der Waals surface area (Å²) >= 11 is 1.47. The Hall–Kier alpha value is -4.55. The Balaban J connectivity index is 1.43. The summed E-state index contributed by atoms with van der Waals surface area (Å²) in [5.41, 5.74) is 4.07. The van der Waals surface area contributed by atoms with Crippen molar-refractivity contribution in [3.63, 3.8) is 0 Å². The molecule has 0 spiro atoms. The predicted octanol–water partition coefficient (Wildman–Crippen LogP) is 5.98. The van der Waals surface area contributed by atoms with Gasteiger partial charge in [-0.25, -0.2) is 5.43 Å². The molecule has 2 N–H and O–H groups in total. The smallest absolute Gasteiger partial charge is 0.287 e. The minimum Gasteiger partial charge on any atom is -0.317 e. The summed E-state index contributed by atoms with van der Waals surface area (Å²) in [6.45, 7) is 0. The number of nitrogens with one attached hydrogen (secondary N) is 2. The second-order valence-corrected chi connectivity index (χ2v) is 8.80. The van der Waals surface area contributed by atoms with E-state index >= 15 is 0 Å². The number of hydrogen-bond donors (Lipinski definition) is 2.